The Balaban J connectivity index is 0. The predicted molar refractivity (Wildman–Crippen MR) is 65.3 cm³/mol. The SMILES string of the molecule is CCCC(C(=O)O)=C(CC)N(C)C.CCl. The molecule has 0 saturated heterocycles. The van der Waals surface area contributed by atoms with Crippen molar-refractivity contribution in [2.45, 2.75) is 33.1 Å². The van der Waals surface area contributed by atoms with Gasteiger partial charge in [0.1, 0.15) is 0 Å². The van der Waals surface area contributed by atoms with E-state index >= 15 is 0 Å². The first kappa shape index (κ1) is 16.7. The van der Waals surface area contributed by atoms with E-state index < -0.39 is 5.97 Å². The third kappa shape index (κ3) is 6.39. The smallest absolute Gasteiger partial charge is 0.333 e. The molecule has 0 bridgehead atoms. The largest absolute Gasteiger partial charge is 0.478 e. The lowest BCUT2D eigenvalue weighted by Crippen LogP contribution is -2.17. The third-order valence-corrected chi connectivity index (χ3v) is 1.98. The summed E-state index contributed by atoms with van der Waals surface area (Å²) in [6.45, 7) is 3.97. The van der Waals surface area contributed by atoms with E-state index in [9.17, 15) is 4.79 Å². The second-order valence-electron chi connectivity index (χ2n) is 3.23. The van der Waals surface area contributed by atoms with Crippen LogP contribution >= 0.6 is 11.6 Å². The maximum atomic E-state index is 10.9. The standard InChI is InChI=1S/C10H19NO2.CH3Cl/c1-5-7-8(10(12)13)9(6-2)11(3)4;1-2/h5-7H2,1-4H3,(H,12,13);1H3. The summed E-state index contributed by atoms with van der Waals surface area (Å²) in [7, 11) is 3.77. The van der Waals surface area contributed by atoms with E-state index in [2.05, 4.69) is 11.6 Å². The van der Waals surface area contributed by atoms with Gasteiger partial charge in [0.15, 0.2) is 0 Å². The van der Waals surface area contributed by atoms with Gasteiger partial charge in [-0.3, -0.25) is 0 Å². The van der Waals surface area contributed by atoms with Crippen molar-refractivity contribution in [2.24, 2.45) is 0 Å². The highest BCUT2D eigenvalue weighted by atomic mass is 35.5. The van der Waals surface area contributed by atoms with Crippen molar-refractivity contribution in [3.8, 4) is 0 Å². The molecule has 3 nitrogen and oxygen atoms in total. The molecule has 90 valence electrons. The molecule has 0 radical (unpaired) electrons. The van der Waals surface area contributed by atoms with Gasteiger partial charge in [-0.1, -0.05) is 20.3 Å². The van der Waals surface area contributed by atoms with Crippen LogP contribution in [0, 0.1) is 0 Å². The van der Waals surface area contributed by atoms with Gasteiger partial charge in [-0.2, -0.15) is 0 Å². The summed E-state index contributed by atoms with van der Waals surface area (Å²) in [5.74, 6) is -0.785. The lowest BCUT2D eigenvalue weighted by molar-refractivity contribution is -0.133. The van der Waals surface area contributed by atoms with Gasteiger partial charge in [0.25, 0.3) is 0 Å². The minimum absolute atomic E-state index is 0.551. The summed E-state index contributed by atoms with van der Waals surface area (Å²) >= 11 is 4.64. The minimum atomic E-state index is -0.785. The quantitative estimate of drug-likeness (QED) is 0.588. The molecule has 0 unspecified atom stereocenters. The molecule has 1 N–H and O–H groups in total. The molecule has 0 aliphatic rings. The Hall–Kier alpha value is -0.700. The number of allylic oxidation sites excluding steroid dienone is 1. The number of carboxylic acids is 1. The summed E-state index contributed by atoms with van der Waals surface area (Å²) in [6, 6.07) is 0. The summed E-state index contributed by atoms with van der Waals surface area (Å²) in [4.78, 5) is 12.8. The molecule has 0 saturated carbocycles. The Morgan fingerprint density at radius 3 is 1.93 bits per heavy atom. The molecule has 0 amide bonds. The van der Waals surface area contributed by atoms with Crippen LogP contribution in [-0.4, -0.2) is 36.5 Å². The summed E-state index contributed by atoms with van der Waals surface area (Å²) < 4.78 is 0. The number of hydrogen-bond donors (Lipinski definition) is 1. The number of carbonyl (C=O) groups is 1. The Labute approximate surface area is 97.7 Å². The van der Waals surface area contributed by atoms with E-state index in [0.717, 1.165) is 18.5 Å². The lowest BCUT2D eigenvalue weighted by Gasteiger charge is -2.18. The van der Waals surface area contributed by atoms with E-state index in [-0.39, 0.29) is 0 Å². The highest BCUT2D eigenvalue weighted by molar-refractivity contribution is 6.15. The Morgan fingerprint density at radius 1 is 1.27 bits per heavy atom. The zero-order valence-electron chi connectivity index (χ0n) is 10.3. The first-order valence-electron chi connectivity index (χ1n) is 5.05. The molecular formula is C11H22ClNO2. The van der Waals surface area contributed by atoms with E-state index in [4.69, 9.17) is 5.11 Å². The van der Waals surface area contributed by atoms with E-state index in [0.29, 0.717) is 12.0 Å². The van der Waals surface area contributed by atoms with Crippen LogP contribution < -0.4 is 0 Å². The van der Waals surface area contributed by atoms with E-state index in [1.165, 1.54) is 6.38 Å². The van der Waals surface area contributed by atoms with E-state index in [1.54, 1.807) is 0 Å². The molecule has 0 aromatic carbocycles. The van der Waals surface area contributed by atoms with Gasteiger partial charge in [-0.05, 0) is 12.8 Å². The molecular weight excluding hydrogens is 214 g/mol. The maximum absolute atomic E-state index is 10.9. The Morgan fingerprint density at radius 2 is 1.73 bits per heavy atom. The van der Waals surface area contributed by atoms with Gasteiger partial charge in [0.05, 0.1) is 5.57 Å². The first-order valence-corrected chi connectivity index (χ1v) is 5.80. The van der Waals surface area contributed by atoms with Gasteiger partial charge < -0.3 is 10.0 Å². The fourth-order valence-electron chi connectivity index (χ4n) is 1.42. The molecule has 0 aliphatic carbocycles. The maximum Gasteiger partial charge on any atom is 0.333 e. The fourth-order valence-corrected chi connectivity index (χ4v) is 1.42. The number of alkyl halides is 1. The molecule has 0 aromatic rings. The Bertz CT molecular complexity index is 213. The van der Waals surface area contributed by atoms with Crippen LogP contribution in [0.2, 0.25) is 0 Å². The second kappa shape index (κ2) is 9.84. The van der Waals surface area contributed by atoms with E-state index in [1.807, 2.05) is 32.8 Å². The van der Waals surface area contributed by atoms with Crippen molar-refractivity contribution < 1.29 is 9.90 Å². The lowest BCUT2D eigenvalue weighted by atomic mass is 10.1. The molecule has 0 aliphatic heterocycles. The molecule has 0 spiro atoms. The number of halogens is 1. The van der Waals surface area contributed by atoms with Crippen LogP contribution in [-0.2, 0) is 4.79 Å². The van der Waals surface area contributed by atoms with Crippen LogP contribution in [0.4, 0.5) is 0 Å². The van der Waals surface area contributed by atoms with Crippen molar-refractivity contribution in [3.05, 3.63) is 11.3 Å². The number of carboxylic acid groups (broad SMARTS) is 1. The summed E-state index contributed by atoms with van der Waals surface area (Å²) in [5, 5.41) is 8.97. The molecule has 15 heavy (non-hydrogen) atoms. The van der Waals surface area contributed by atoms with Crippen LogP contribution in [0.5, 0.6) is 0 Å². The zero-order valence-corrected chi connectivity index (χ0v) is 11.1. The van der Waals surface area contributed by atoms with Crippen LogP contribution in [0.25, 0.3) is 0 Å². The normalized spacial score (nSPS) is 11.1. The van der Waals surface area contributed by atoms with Crippen LogP contribution in [0.15, 0.2) is 11.3 Å². The number of hydrogen-bond acceptors (Lipinski definition) is 2. The van der Waals surface area contributed by atoms with Gasteiger partial charge in [-0.15, -0.1) is 11.6 Å². The average molecular weight is 236 g/mol. The molecule has 0 fully saturated rings. The average Bonchev–Trinajstić information content (AvgIpc) is 2.20. The monoisotopic (exact) mass is 235 g/mol. The van der Waals surface area contributed by atoms with Crippen LogP contribution in [0.1, 0.15) is 33.1 Å². The van der Waals surface area contributed by atoms with Crippen molar-refractivity contribution in [3.63, 3.8) is 0 Å². The zero-order chi connectivity index (χ0) is 12.4. The van der Waals surface area contributed by atoms with Gasteiger partial charge >= 0.3 is 5.97 Å². The minimum Gasteiger partial charge on any atom is -0.478 e. The number of nitrogens with zero attached hydrogens (tertiary/aromatic N) is 1. The van der Waals surface area contributed by atoms with Gasteiger partial charge in [0, 0.05) is 26.2 Å². The molecule has 0 atom stereocenters. The Kier molecular flexibility index (Phi) is 11.0. The van der Waals surface area contributed by atoms with Gasteiger partial charge in [-0.25, -0.2) is 4.79 Å². The summed E-state index contributed by atoms with van der Waals surface area (Å²) in [5.41, 5.74) is 1.48. The van der Waals surface area contributed by atoms with Crippen molar-refractivity contribution >= 4 is 17.6 Å². The van der Waals surface area contributed by atoms with Crippen molar-refractivity contribution in [2.75, 3.05) is 20.5 Å². The third-order valence-electron chi connectivity index (χ3n) is 1.98. The first-order chi connectivity index (χ1) is 7.04. The van der Waals surface area contributed by atoms with Crippen molar-refractivity contribution in [1.29, 1.82) is 0 Å². The van der Waals surface area contributed by atoms with Crippen molar-refractivity contribution in [1.82, 2.24) is 4.90 Å². The highest BCUT2D eigenvalue weighted by Crippen LogP contribution is 2.16. The summed E-state index contributed by atoms with van der Waals surface area (Å²) in [6.07, 6.45) is 3.77. The predicted octanol–water partition coefficient (Wildman–Crippen LogP) is 2.95. The number of aliphatic carboxylic acids is 1. The molecule has 0 heterocycles. The molecule has 0 aromatic heterocycles. The van der Waals surface area contributed by atoms with Gasteiger partial charge in [0.2, 0.25) is 0 Å². The molecule has 4 heteroatoms. The van der Waals surface area contributed by atoms with Crippen LogP contribution in [0.3, 0.4) is 0 Å². The topological polar surface area (TPSA) is 40.5 Å². The second-order valence-corrected chi connectivity index (χ2v) is 3.23. The highest BCUT2D eigenvalue weighted by Gasteiger charge is 2.13. The molecule has 0 rings (SSSR count). The number of rotatable bonds is 5. The fraction of sp³-hybridized carbons (Fsp3) is 0.727.